The summed E-state index contributed by atoms with van der Waals surface area (Å²) >= 11 is 3.43. The molecule has 1 aromatic heterocycles. The molecular weight excluding hydrogens is 334 g/mol. The van der Waals surface area contributed by atoms with E-state index in [1.807, 2.05) is 34.9 Å². The van der Waals surface area contributed by atoms with Crippen molar-refractivity contribution in [2.75, 3.05) is 12.8 Å². The molecule has 0 saturated carbocycles. The lowest BCUT2D eigenvalue weighted by Crippen LogP contribution is -2.01. The molecule has 2 aromatic carbocycles. The summed E-state index contributed by atoms with van der Waals surface area (Å²) in [6.07, 6.45) is 0. The van der Waals surface area contributed by atoms with Crippen molar-refractivity contribution in [1.29, 1.82) is 0 Å². The first-order valence-electron chi connectivity index (χ1n) is 6.35. The van der Waals surface area contributed by atoms with E-state index in [0.29, 0.717) is 17.3 Å². The van der Waals surface area contributed by atoms with Crippen LogP contribution in [-0.4, -0.2) is 21.8 Å². The van der Waals surface area contributed by atoms with Crippen molar-refractivity contribution in [1.82, 2.24) is 9.55 Å². The minimum atomic E-state index is -0.160. The third-order valence-electron chi connectivity index (χ3n) is 3.28. The number of nitrogens with two attached hydrogens (primary N) is 1. The number of nitrogen functional groups attached to an aromatic ring is 1. The summed E-state index contributed by atoms with van der Waals surface area (Å²) in [5.41, 5.74) is 8.94. The molecule has 0 aliphatic rings. The van der Waals surface area contributed by atoms with Gasteiger partial charge < -0.3 is 15.6 Å². The number of halogens is 1. The molecule has 0 bridgehead atoms. The lowest BCUT2D eigenvalue weighted by Gasteiger charge is -2.11. The van der Waals surface area contributed by atoms with Gasteiger partial charge in [-0.1, -0.05) is 0 Å². The van der Waals surface area contributed by atoms with Crippen molar-refractivity contribution < 1.29 is 9.84 Å². The van der Waals surface area contributed by atoms with Crippen molar-refractivity contribution in [2.45, 2.75) is 6.61 Å². The summed E-state index contributed by atoms with van der Waals surface area (Å²) in [7, 11) is 1.61. The molecule has 6 heteroatoms. The van der Waals surface area contributed by atoms with Gasteiger partial charge in [-0.25, -0.2) is 4.98 Å². The Morgan fingerprint density at radius 2 is 2.10 bits per heavy atom. The maximum absolute atomic E-state index is 9.58. The fraction of sp³-hybridized carbons (Fsp3) is 0.133. The second kappa shape index (κ2) is 5.38. The monoisotopic (exact) mass is 347 g/mol. The highest BCUT2D eigenvalue weighted by Crippen LogP contribution is 2.30. The van der Waals surface area contributed by atoms with E-state index in [1.165, 1.54) is 0 Å². The SMILES string of the molecule is COc1cc(-n2c(CO)nc3cc(N)ccc32)ccc1Br. The number of rotatable bonds is 3. The maximum Gasteiger partial charge on any atom is 0.140 e. The summed E-state index contributed by atoms with van der Waals surface area (Å²) in [5, 5.41) is 9.58. The lowest BCUT2D eigenvalue weighted by atomic mass is 10.2. The number of methoxy groups -OCH3 is 1. The molecule has 0 unspecified atom stereocenters. The van der Waals surface area contributed by atoms with Crippen LogP contribution in [0.3, 0.4) is 0 Å². The average Bonchev–Trinajstić information content (AvgIpc) is 2.85. The largest absolute Gasteiger partial charge is 0.495 e. The number of aliphatic hydroxyl groups is 1. The van der Waals surface area contributed by atoms with Crippen molar-refractivity contribution in [3.05, 3.63) is 46.7 Å². The van der Waals surface area contributed by atoms with Crippen LogP contribution < -0.4 is 10.5 Å². The number of aromatic nitrogens is 2. The number of benzene rings is 2. The number of ether oxygens (including phenoxy) is 1. The standard InChI is InChI=1S/C15H14BrN3O2/c1-21-14-7-10(3-4-11(14)16)19-13-5-2-9(17)6-12(13)18-15(19)8-20/h2-7,20H,8,17H2,1H3. The van der Waals surface area contributed by atoms with Crippen LogP contribution in [0.5, 0.6) is 5.75 Å². The molecule has 0 atom stereocenters. The van der Waals surface area contributed by atoms with Gasteiger partial charge in [-0.05, 0) is 46.3 Å². The predicted molar refractivity (Wildman–Crippen MR) is 85.7 cm³/mol. The Morgan fingerprint density at radius 1 is 1.29 bits per heavy atom. The highest BCUT2D eigenvalue weighted by atomic mass is 79.9. The van der Waals surface area contributed by atoms with Gasteiger partial charge in [0.05, 0.1) is 28.3 Å². The Hall–Kier alpha value is -2.05. The van der Waals surface area contributed by atoms with Crippen molar-refractivity contribution in [3.8, 4) is 11.4 Å². The molecule has 0 amide bonds. The molecule has 0 radical (unpaired) electrons. The van der Waals surface area contributed by atoms with Crippen LogP contribution in [0.15, 0.2) is 40.9 Å². The van der Waals surface area contributed by atoms with E-state index in [0.717, 1.165) is 21.2 Å². The molecular formula is C15H14BrN3O2. The minimum absolute atomic E-state index is 0.160. The van der Waals surface area contributed by atoms with Gasteiger partial charge >= 0.3 is 0 Å². The Kier molecular flexibility index (Phi) is 3.57. The second-order valence-electron chi connectivity index (χ2n) is 4.59. The summed E-state index contributed by atoms with van der Waals surface area (Å²) in [6, 6.07) is 11.2. The summed E-state index contributed by atoms with van der Waals surface area (Å²) in [4.78, 5) is 4.43. The van der Waals surface area contributed by atoms with Gasteiger partial charge in [-0.15, -0.1) is 0 Å². The molecule has 5 nitrogen and oxygen atoms in total. The van der Waals surface area contributed by atoms with Crippen LogP contribution >= 0.6 is 15.9 Å². The first kappa shape index (κ1) is 13.9. The fourth-order valence-electron chi connectivity index (χ4n) is 2.33. The highest BCUT2D eigenvalue weighted by molar-refractivity contribution is 9.10. The molecule has 3 aromatic rings. The zero-order valence-electron chi connectivity index (χ0n) is 11.4. The van der Waals surface area contributed by atoms with Crippen LogP contribution in [-0.2, 0) is 6.61 Å². The van der Waals surface area contributed by atoms with Gasteiger partial charge in [0, 0.05) is 11.8 Å². The molecule has 108 valence electrons. The van der Waals surface area contributed by atoms with Crippen LogP contribution in [0.25, 0.3) is 16.7 Å². The van der Waals surface area contributed by atoms with E-state index in [2.05, 4.69) is 20.9 Å². The molecule has 3 N–H and O–H groups in total. The summed E-state index contributed by atoms with van der Waals surface area (Å²) in [6.45, 7) is -0.160. The van der Waals surface area contributed by atoms with Gasteiger partial charge in [-0.3, -0.25) is 4.57 Å². The van der Waals surface area contributed by atoms with Crippen molar-refractivity contribution in [3.63, 3.8) is 0 Å². The number of fused-ring (bicyclic) bond motifs is 1. The zero-order chi connectivity index (χ0) is 15.0. The normalized spacial score (nSPS) is 11.0. The number of hydrogen-bond donors (Lipinski definition) is 2. The number of hydrogen-bond acceptors (Lipinski definition) is 4. The van der Waals surface area contributed by atoms with E-state index < -0.39 is 0 Å². The molecule has 3 rings (SSSR count). The van der Waals surface area contributed by atoms with Crippen LogP contribution in [0.1, 0.15) is 5.82 Å². The Balaban J connectivity index is 2.28. The van der Waals surface area contributed by atoms with Crippen molar-refractivity contribution >= 4 is 32.7 Å². The van der Waals surface area contributed by atoms with E-state index in [1.54, 1.807) is 13.2 Å². The Morgan fingerprint density at radius 3 is 2.81 bits per heavy atom. The maximum atomic E-state index is 9.58. The third-order valence-corrected chi connectivity index (χ3v) is 3.94. The molecule has 0 spiro atoms. The van der Waals surface area contributed by atoms with E-state index >= 15 is 0 Å². The van der Waals surface area contributed by atoms with Gasteiger partial charge in [0.2, 0.25) is 0 Å². The summed E-state index contributed by atoms with van der Waals surface area (Å²) in [5.74, 6) is 1.27. The van der Waals surface area contributed by atoms with Gasteiger partial charge in [0.25, 0.3) is 0 Å². The van der Waals surface area contributed by atoms with E-state index in [4.69, 9.17) is 10.5 Å². The lowest BCUT2D eigenvalue weighted by molar-refractivity contribution is 0.270. The molecule has 0 fully saturated rings. The van der Waals surface area contributed by atoms with Crippen LogP contribution in [0.2, 0.25) is 0 Å². The molecule has 0 saturated heterocycles. The Bertz CT molecular complexity index is 814. The fourth-order valence-corrected chi connectivity index (χ4v) is 2.74. The first-order chi connectivity index (χ1) is 10.1. The van der Waals surface area contributed by atoms with E-state index in [-0.39, 0.29) is 6.61 Å². The Labute approximate surface area is 130 Å². The molecule has 21 heavy (non-hydrogen) atoms. The average molecular weight is 348 g/mol. The smallest absolute Gasteiger partial charge is 0.140 e. The van der Waals surface area contributed by atoms with E-state index in [9.17, 15) is 5.11 Å². The van der Waals surface area contributed by atoms with Gasteiger partial charge in [0.15, 0.2) is 0 Å². The van der Waals surface area contributed by atoms with Gasteiger partial charge in [0.1, 0.15) is 18.2 Å². The molecule has 0 aliphatic heterocycles. The molecule has 1 heterocycles. The second-order valence-corrected chi connectivity index (χ2v) is 5.44. The van der Waals surface area contributed by atoms with Crippen LogP contribution in [0, 0.1) is 0 Å². The highest BCUT2D eigenvalue weighted by Gasteiger charge is 2.13. The summed E-state index contributed by atoms with van der Waals surface area (Å²) < 4.78 is 8.09. The first-order valence-corrected chi connectivity index (χ1v) is 7.15. The van der Waals surface area contributed by atoms with Crippen LogP contribution in [0.4, 0.5) is 5.69 Å². The quantitative estimate of drug-likeness (QED) is 0.714. The number of aliphatic hydroxyl groups excluding tert-OH is 1. The third kappa shape index (κ3) is 2.36. The topological polar surface area (TPSA) is 73.3 Å². The van der Waals surface area contributed by atoms with Gasteiger partial charge in [-0.2, -0.15) is 0 Å². The number of anilines is 1. The van der Waals surface area contributed by atoms with Crippen molar-refractivity contribution in [2.24, 2.45) is 0 Å². The minimum Gasteiger partial charge on any atom is -0.495 e. The number of imidazole rings is 1. The predicted octanol–water partition coefficient (Wildman–Crippen LogP) is 2.87. The zero-order valence-corrected chi connectivity index (χ0v) is 13.0. The number of nitrogens with zero attached hydrogens (tertiary/aromatic N) is 2. The molecule has 0 aliphatic carbocycles.